The van der Waals surface area contributed by atoms with Gasteiger partial charge < -0.3 is 4.74 Å². The Labute approximate surface area is 88.3 Å². The summed E-state index contributed by atoms with van der Waals surface area (Å²) in [6, 6.07) is 3.34. The van der Waals surface area contributed by atoms with Gasteiger partial charge in [-0.05, 0) is 12.1 Å². The molecular formula is C11H15F2NO. The molecule has 84 valence electrons. The summed E-state index contributed by atoms with van der Waals surface area (Å²) in [6.45, 7) is 5.30. The van der Waals surface area contributed by atoms with Crippen LogP contribution in [0.4, 0.5) is 8.78 Å². The first kappa shape index (κ1) is 11.9. The maximum Gasteiger partial charge on any atom is 0.272 e. The Morgan fingerprint density at radius 3 is 2.60 bits per heavy atom. The monoisotopic (exact) mass is 215 g/mol. The molecule has 4 heteroatoms. The Morgan fingerprint density at radius 1 is 1.40 bits per heavy atom. The number of halogens is 2. The van der Waals surface area contributed by atoms with E-state index < -0.39 is 13.0 Å². The van der Waals surface area contributed by atoms with Crippen molar-refractivity contribution in [3.8, 4) is 5.75 Å². The molecule has 15 heavy (non-hydrogen) atoms. The Hall–Kier alpha value is -1.19. The van der Waals surface area contributed by atoms with Crippen LogP contribution in [0.2, 0.25) is 0 Å². The van der Waals surface area contributed by atoms with Gasteiger partial charge in [0.2, 0.25) is 0 Å². The van der Waals surface area contributed by atoms with E-state index in [9.17, 15) is 8.78 Å². The van der Waals surface area contributed by atoms with Crippen molar-refractivity contribution >= 4 is 0 Å². The van der Waals surface area contributed by atoms with Gasteiger partial charge in [-0.2, -0.15) is 0 Å². The molecule has 0 unspecified atom stereocenters. The average Bonchev–Trinajstić information content (AvgIpc) is 2.13. The summed E-state index contributed by atoms with van der Waals surface area (Å²) in [7, 11) is 0. The number of rotatable bonds is 3. The predicted molar refractivity (Wildman–Crippen MR) is 54.4 cm³/mol. The molecule has 0 aromatic carbocycles. The van der Waals surface area contributed by atoms with E-state index in [1.54, 1.807) is 18.3 Å². The molecule has 1 aromatic rings. The van der Waals surface area contributed by atoms with Gasteiger partial charge in [0.1, 0.15) is 12.4 Å². The predicted octanol–water partition coefficient (Wildman–Crippen LogP) is 3.02. The van der Waals surface area contributed by atoms with E-state index in [1.165, 1.54) is 0 Å². The van der Waals surface area contributed by atoms with Gasteiger partial charge in [-0.15, -0.1) is 0 Å². The maximum atomic E-state index is 12.0. The minimum atomic E-state index is -2.46. The van der Waals surface area contributed by atoms with Crippen molar-refractivity contribution in [3.05, 3.63) is 24.0 Å². The lowest BCUT2D eigenvalue weighted by atomic mass is 9.91. The summed E-state index contributed by atoms with van der Waals surface area (Å²) in [6.07, 6.45) is -0.825. The lowest BCUT2D eigenvalue weighted by Gasteiger charge is -2.20. The highest BCUT2D eigenvalue weighted by atomic mass is 19.3. The smallest absolute Gasteiger partial charge is 0.272 e. The lowest BCUT2D eigenvalue weighted by Crippen LogP contribution is -2.17. The molecular weight excluding hydrogens is 200 g/mol. The molecule has 0 fully saturated rings. The summed E-state index contributed by atoms with van der Waals surface area (Å²) in [5.41, 5.74) is 0.490. The molecule has 0 aliphatic heterocycles. The van der Waals surface area contributed by atoms with Crippen LogP contribution in [-0.2, 0) is 5.41 Å². The van der Waals surface area contributed by atoms with E-state index >= 15 is 0 Å². The SMILES string of the molecule is CC(C)(C)c1ncccc1OCC(F)F. The molecule has 0 saturated heterocycles. The molecule has 0 radical (unpaired) electrons. The van der Waals surface area contributed by atoms with Crippen LogP contribution in [-0.4, -0.2) is 18.0 Å². The molecule has 2 nitrogen and oxygen atoms in total. The Balaban J connectivity index is 2.87. The van der Waals surface area contributed by atoms with Crippen molar-refractivity contribution < 1.29 is 13.5 Å². The number of alkyl halides is 2. The molecule has 0 N–H and O–H groups in total. The van der Waals surface area contributed by atoms with Crippen molar-refractivity contribution in [1.82, 2.24) is 4.98 Å². The third-order valence-corrected chi connectivity index (χ3v) is 1.85. The van der Waals surface area contributed by atoms with Crippen LogP contribution in [0, 0.1) is 0 Å². The minimum absolute atomic E-state index is 0.210. The summed E-state index contributed by atoms with van der Waals surface area (Å²) in [4.78, 5) is 4.16. The van der Waals surface area contributed by atoms with Gasteiger partial charge in [0.25, 0.3) is 6.43 Å². The van der Waals surface area contributed by atoms with Crippen molar-refractivity contribution in [2.45, 2.75) is 32.6 Å². The maximum absolute atomic E-state index is 12.0. The fourth-order valence-corrected chi connectivity index (χ4v) is 1.22. The fourth-order valence-electron chi connectivity index (χ4n) is 1.22. The van der Waals surface area contributed by atoms with Gasteiger partial charge in [0, 0.05) is 11.6 Å². The summed E-state index contributed by atoms with van der Waals surface area (Å²) in [5, 5.41) is 0. The zero-order valence-corrected chi connectivity index (χ0v) is 9.13. The third kappa shape index (κ3) is 3.46. The van der Waals surface area contributed by atoms with Crippen molar-refractivity contribution in [1.29, 1.82) is 0 Å². The molecule has 0 aliphatic carbocycles. The van der Waals surface area contributed by atoms with Gasteiger partial charge in [0.15, 0.2) is 0 Å². The fraction of sp³-hybridized carbons (Fsp3) is 0.545. The molecule has 0 amide bonds. The molecule has 0 bridgehead atoms. The number of ether oxygens (including phenoxy) is 1. The second kappa shape index (κ2) is 4.55. The first-order chi connectivity index (χ1) is 6.91. The molecule has 0 atom stereocenters. The molecule has 1 heterocycles. The third-order valence-electron chi connectivity index (χ3n) is 1.85. The average molecular weight is 215 g/mol. The number of nitrogens with zero attached hydrogens (tertiary/aromatic N) is 1. The highest BCUT2D eigenvalue weighted by molar-refractivity contribution is 5.32. The van der Waals surface area contributed by atoms with Crippen LogP contribution in [0.15, 0.2) is 18.3 Å². The zero-order chi connectivity index (χ0) is 11.5. The van der Waals surface area contributed by atoms with Crippen LogP contribution < -0.4 is 4.74 Å². The van der Waals surface area contributed by atoms with Gasteiger partial charge in [-0.25, -0.2) is 8.78 Å². The number of aromatic nitrogens is 1. The molecule has 1 aromatic heterocycles. The summed E-state index contributed by atoms with van der Waals surface area (Å²) >= 11 is 0. The van der Waals surface area contributed by atoms with Gasteiger partial charge >= 0.3 is 0 Å². The number of hydrogen-bond acceptors (Lipinski definition) is 2. The van der Waals surface area contributed by atoms with E-state index in [1.807, 2.05) is 20.8 Å². The largest absolute Gasteiger partial charge is 0.486 e. The molecule has 1 rings (SSSR count). The Kier molecular flexibility index (Phi) is 3.61. The van der Waals surface area contributed by atoms with Gasteiger partial charge in [-0.3, -0.25) is 4.98 Å². The first-order valence-electron chi connectivity index (χ1n) is 4.77. The second-order valence-electron chi connectivity index (χ2n) is 4.30. The Bertz CT molecular complexity index is 321. The van der Waals surface area contributed by atoms with Crippen LogP contribution in [0.5, 0.6) is 5.75 Å². The van der Waals surface area contributed by atoms with Crippen LogP contribution >= 0.6 is 0 Å². The molecule has 0 saturated carbocycles. The standard InChI is InChI=1S/C11H15F2NO/c1-11(2,3)10-8(5-4-6-14-10)15-7-9(12)13/h4-6,9H,7H2,1-3H3. The van der Waals surface area contributed by atoms with Crippen molar-refractivity contribution in [2.75, 3.05) is 6.61 Å². The van der Waals surface area contributed by atoms with Crippen LogP contribution in [0.3, 0.4) is 0 Å². The highest BCUT2D eigenvalue weighted by Gasteiger charge is 2.20. The van der Waals surface area contributed by atoms with E-state index in [2.05, 4.69) is 4.98 Å². The van der Waals surface area contributed by atoms with Crippen molar-refractivity contribution in [2.24, 2.45) is 0 Å². The van der Waals surface area contributed by atoms with Gasteiger partial charge in [-0.1, -0.05) is 20.8 Å². The topological polar surface area (TPSA) is 22.1 Å². The molecule has 0 aliphatic rings. The molecule has 0 spiro atoms. The Morgan fingerprint density at radius 2 is 2.07 bits per heavy atom. The zero-order valence-electron chi connectivity index (χ0n) is 9.13. The van der Waals surface area contributed by atoms with E-state index in [-0.39, 0.29) is 5.41 Å². The van der Waals surface area contributed by atoms with E-state index in [0.29, 0.717) is 11.4 Å². The van der Waals surface area contributed by atoms with Crippen LogP contribution in [0.1, 0.15) is 26.5 Å². The highest BCUT2D eigenvalue weighted by Crippen LogP contribution is 2.28. The normalized spacial score (nSPS) is 11.9. The van der Waals surface area contributed by atoms with E-state index in [0.717, 1.165) is 0 Å². The summed E-state index contributed by atoms with van der Waals surface area (Å²) in [5.74, 6) is 0.435. The van der Waals surface area contributed by atoms with Gasteiger partial charge in [0.05, 0.1) is 5.69 Å². The quantitative estimate of drug-likeness (QED) is 0.773. The lowest BCUT2D eigenvalue weighted by molar-refractivity contribution is 0.0806. The van der Waals surface area contributed by atoms with Crippen molar-refractivity contribution in [3.63, 3.8) is 0 Å². The number of pyridine rings is 1. The van der Waals surface area contributed by atoms with Crippen LogP contribution in [0.25, 0.3) is 0 Å². The first-order valence-corrected chi connectivity index (χ1v) is 4.77. The second-order valence-corrected chi connectivity index (χ2v) is 4.30. The number of hydrogen-bond donors (Lipinski definition) is 0. The minimum Gasteiger partial charge on any atom is -0.486 e. The van der Waals surface area contributed by atoms with E-state index in [4.69, 9.17) is 4.74 Å². The summed E-state index contributed by atoms with van der Waals surface area (Å²) < 4.78 is 29.0.